The molecule has 0 unspecified atom stereocenters. The lowest BCUT2D eigenvalue weighted by Gasteiger charge is -2.31. The molecule has 1 aromatic carbocycles. The van der Waals surface area contributed by atoms with Gasteiger partial charge < -0.3 is 0 Å². The van der Waals surface area contributed by atoms with E-state index in [-0.39, 0.29) is 6.04 Å². The molecule has 0 amide bonds. The Morgan fingerprint density at radius 3 is 2.62 bits per heavy atom. The van der Waals surface area contributed by atoms with Gasteiger partial charge in [0.2, 0.25) is 0 Å². The molecule has 5 heteroatoms. The lowest BCUT2D eigenvalue weighted by molar-refractivity contribution is 0.192. The molecule has 21 heavy (non-hydrogen) atoms. The lowest BCUT2D eigenvalue weighted by atomic mass is 9.99. The van der Waals surface area contributed by atoms with Crippen molar-refractivity contribution in [3.05, 3.63) is 34.9 Å². The topological polar surface area (TPSA) is 37.4 Å². The van der Waals surface area contributed by atoms with Crippen LogP contribution < -0.4 is 0 Å². The first-order valence-electron chi connectivity index (χ1n) is 7.66. The first-order chi connectivity index (χ1) is 9.94. The van der Waals surface area contributed by atoms with Gasteiger partial charge in [-0.05, 0) is 42.9 Å². The first-order valence-corrected chi connectivity index (χ1v) is 9.86. The molecular weight excluding hydrogens is 306 g/mol. The molecule has 0 radical (unpaired) electrons. The highest BCUT2D eigenvalue weighted by Gasteiger charge is 2.39. The van der Waals surface area contributed by atoms with E-state index < -0.39 is 9.84 Å². The second-order valence-electron chi connectivity index (χ2n) is 6.44. The minimum atomic E-state index is -2.82. The number of hydrogen-bond donors (Lipinski definition) is 0. The van der Waals surface area contributed by atoms with E-state index >= 15 is 0 Å². The van der Waals surface area contributed by atoms with Gasteiger partial charge in [-0.2, -0.15) is 0 Å². The summed E-state index contributed by atoms with van der Waals surface area (Å²) in [5.41, 5.74) is 1.23. The van der Waals surface area contributed by atoms with Crippen LogP contribution in [0.3, 0.4) is 0 Å². The summed E-state index contributed by atoms with van der Waals surface area (Å²) in [5.74, 6) is 1.06. The highest BCUT2D eigenvalue weighted by Crippen LogP contribution is 2.34. The molecule has 2 atom stereocenters. The lowest BCUT2D eigenvalue weighted by Crippen LogP contribution is -2.40. The number of halogens is 1. The Balaban J connectivity index is 1.71. The van der Waals surface area contributed by atoms with E-state index in [0.717, 1.165) is 18.0 Å². The van der Waals surface area contributed by atoms with Crippen molar-refractivity contribution in [3.8, 4) is 0 Å². The van der Waals surface area contributed by atoms with Crippen LogP contribution in [0.15, 0.2) is 24.3 Å². The third-order valence-electron chi connectivity index (χ3n) is 4.60. The summed E-state index contributed by atoms with van der Waals surface area (Å²) in [6, 6.07) is 8.79. The van der Waals surface area contributed by atoms with E-state index in [2.05, 4.69) is 17.9 Å². The van der Waals surface area contributed by atoms with Gasteiger partial charge in [0, 0.05) is 23.7 Å². The molecule has 1 heterocycles. The molecule has 0 aromatic heterocycles. The van der Waals surface area contributed by atoms with E-state index in [1.54, 1.807) is 0 Å². The zero-order valence-electron chi connectivity index (χ0n) is 12.3. The molecule has 2 fully saturated rings. The van der Waals surface area contributed by atoms with Crippen molar-refractivity contribution in [2.75, 3.05) is 18.1 Å². The zero-order valence-corrected chi connectivity index (χ0v) is 13.9. The molecule has 1 saturated heterocycles. The largest absolute Gasteiger partial charge is 0.296 e. The van der Waals surface area contributed by atoms with Gasteiger partial charge in [0.05, 0.1) is 11.5 Å². The standard InChI is InChI=1S/C16H22ClNO2S/c1-12(13-3-2-4-14(17)9-13)10-18(15-5-6-15)16-7-8-21(19,20)11-16/h2-4,9,12,15-16H,5-8,10-11H2,1H3/t12-,16-/m1/s1. The SMILES string of the molecule is C[C@H](CN(C1CC1)[C@@H]1CCS(=O)(=O)C1)c1cccc(Cl)c1. The number of nitrogens with zero attached hydrogens (tertiary/aromatic N) is 1. The Hall–Kier alpha value is -0.580. The normalized spacial score (nSPS) is 26.1. The molecule has 3 nitrogen and oxygen atoms in total. The van der Waals surface area contributed by atoms with Crippen molar-refractivity contribution in [3.63, 3.8) is 0 Å². The Kier molecular flexibility index (Phi) is 4.30. The van der Waals surface area contributed by atoms with Crippen molar-refractivity contribution >= 4 is 21.4 Å². The van der Waals surface area contributed by atoms with Crippen LogP contribution in [0.1, 0.15) is 37.7 Å². The van der Waals surface area contributed by atoms with Gasteiger partial charge in [0.1, 0.15) is 0 Å². The fourth-order valence-electron chi connectivity index (χ4n) is 3.27. The fraction of sp³-hybridized carbons (Fsp3) is 0.625. The number of hydrogen-bond acceptors (Lipinski definition) is 3. The summed E-state index contributed by atoms with van der Waals surface area (Å²) in [6.45, 7) is 3.12. The van der Waals surface area contributed by atoms with Crippen LogP contribution in [0.25, 0.3) is 0 Å². The molecule has 1 aromatic rings. The Morgan fingerprint density at radius 1 is 1.29 bits per heavy atom. The molecule has 3 rings (SSSR count). The van der Waals surface area contributed by atoms with Gasteiger partial charge in [-0.3, -0.25) is 4.90 Å². The maximum Gasteiger partial charge on any atom is 0.151 e. The van der Waals surface area contributed by atoms with E-state index in [1.165, 1.54) is 18.4 Å². The molecule has 1 saturated carbocycles. The monoisotopic (exact) mass is 327 g/mol. The van der Waals surface area contributed by atoms with Crippen LogP contribution in [-0.2, 0) is 9.84 Å². The summed E-state index contributed by atoms with van der Waals surface area (Å²) >= 11 is 6.07. The molecule has 0 bridgehead atoms. The second kappa shape index (κ2) is 5.90. The third-order valence-corrected chi connectivity index (χ3v) is 6.58. The van der Waals surface area contributed by atoms with Crippen molar-refractivity contribution < 1.29 is 8.42 Å². The summed E-state index contributed by atoms with van der Waals surface area (Å²) in [4.78, 5) is 2.44. The van der Waals surface area contributed by atoms with Crippen molar-refractivity contribution in [1.82, 2.24) is 4.90 Å². The highest BCUT2D eigenvalue weighted by molar-refractivity contribution is 7.91. The van der Waals surface area contributed by atoms with Crippen molar-refractivity contribution in [2.45, 2.75) is 44.2 Å². The summed E-state index contributed by atoms with van der Waals surface area (Å²) in [6.07, 6.45) is 3.21. The van der Waals surface area contributed by atoms with Crippen LogP contribution >= 0.6 is 11.6 Å². The van der Waals surface area contributed by atoms with Crippen LogP contribution in [0.5, 0.6) is 0 Å². The van der Waals surface area contributed by atoms with Gasteiger partial charge in [0.25, 0.3) is 0 Å². The minimum absolute atomic E-state index is 0.212. The quantitative estimate of drug-likeness (QED) is 0.834. The van der Waals surface area contributed by atoms with E-state index in [9.17, 15) is 8.42 Å². The van der Waals surface area contributed by atoms with Gasteiger partial charge in [-0.1, -0.05) is 30.7 Å². The Bertz CT molecular complexity index is 612. The molecule has 116 valence electrons. The third kappa shape index (κ3) is 3.79. The number of rotatable bonds is 5. The molecule has 1 aliphatic carbocycles. The Morgan fingerprint density at radius 2 is 2.05 bits per heavy atom. The van der Waals surface area contributed by atoms with Crippen LogP contribution in [0.2, 0.25) is 5.02 Å². The smallest absolute Gasteiger partial charge is 0.151 e. The predicted molar refractivity (Wildman–Crippen MR) is 86.7 cm³/mol. The predicted octanol–water partition coefficient (Wildman–Crippen LogP) is 3.10. The van der Waals surface area contributed by atoms with Crippen LogP contribution in [-0.4, -0.2) is 43.5 Å². The van der Waals surface area contributed by atoms with E-state index in [0.29, 0.717) is 23.5 Å². The molecule has 2 aliphatic rings. The van der Waals surface area contributed by atoms with Crippen LogP contribution in [0.4, 0.5) is 0 Å². The Labute approximate surface area is 132 Å². The van der Waals surface area contributed by atoms with Crippen LogP contribution in [0, 0.1) is 0 Å². The average Bonchev–Trinajstić information content (AvgIpc) is 3.19. The van der Waals surface area contributed by atoms with E-state index in [4.69, 9.17) is 11.6 Å². The first kappa shape index (κ1) is 15.3. The van der Waals surface area contributed by atoms with Crippen molar-refractivity contribution in [1.29, 1.82) is 0 Å². The van der Waals surface area contributed by atoms with Gasteiger partial charge >= 0.3 is 0 Å². The highest BCUT2D eigenvalue weighted by atomic mass is 35.5. The summed E-state index contributed by atoms with van der Waals surface area (Å²) in [5, 5.41) is 0.765. The fourth-order valence-corrected chi connectivity index (χ4v) is 5.22. The molecule has 1 aliphatic heterocycles. The summed E-state index contributed by atoms with van der Waals surface area (Å²) < 4.78 is 23.5. The average molecular weight is 328 g/mol. The van der Waals surface area contributed by atoms with Crippen molar-refractivity contribution in [2.24, 2.45) is 0 Å². The van der Waals surface area contributed by atoms with Gasteiger partial charge in [-0.25, -0.2) is 8.42 Å². The van der Waals surface area contributed by atoms with E-state index in [1.807, 2.05) is 18.2 Å². The zero-order chi connectivity index (χ0) is 15.0. The maximum absolute atomic E-state index is 11.7. The number of benzene rings is 1. The second-order valence-corrected chi connectivity index (χ2v) is 9.11. The molecular formula is C16H22ClNO2S. The molecule has 0 N–H and O–H groups in total. The van der Waals surface area contributed by atoms with Gasteiger partial charge in [-0.15, -0.1) is 0 Å². The minimum Gasteiger partial charge on any atom is -0.296 e. The molecule has 0 spiro atoms. The number of sulfone groups is 1. The summed E-state index contributed by atoms with van der Waals surface area (Å²) in [7, 11) is -2.82. The van der Waals surface area contributed by atoms with Gasteiger partial charge in [0.15, 0.2) is 9.84 Å². The maximum atomic E-state index is 11.7.